The van der Waals surface area contributed by atoms with Crippen LogP contribution in [0.25, 0.3) is 0 Å². The Balaban J connectivity index is 0.00000432. The smallest absolute Gasteiger partial charge is 0.370 e. The first kappa shape index (κ1) is 28.9. The average Bonchev–Trinajstić information content (AvgIpc) is 2.78. The van der Waals surface area contributed by atoms with Gasteiger partial charge in [0.2, 0.25) is 5.91 Å². The van der Waals surface area contributed by atoms with Crippen molar-refractivity contribution < 1.29 is 35.9 Å². The van der Waals surface area contributed by atoms with Crippen molar-refractivity contribution >= 4 is 18.3 Å². The van der Waals surface area contributed by atoms with Crippen molar-refractivity contribution in [2.24, 2.45) is 5.73 Å². The van der Waals surface area contributed by atoms with Gasteiger partial charge in [-0.25, -0.2) is 0 Å². The van der Waals surface area contributed by atoms with E-state index in [-0.39, 0.29) is 48.8 Å². The molecule has 0 saturated carbocycles. The van der Waals surface area contributed by atoms with Crippen molar-refractivity contribution in [2.45, 2.75) is 50.2 Å². The van der Waals surface area contributed by atoms with Crippen molar-refractivity contribution in [3.63, 3.8) is 0 Å². The molecule has 35 heavy (non-hydrogen) atoms. The van der Waals surface area contributed by atoms with Gasteiger partial charge in [-0.15, -0.1) is 12.4 Å². The molecule has 1 saturated heterocycles. The fourth-order valence-electron chi connectivity index (χ4n) is 4.18. The number of amides is 1. The second kappa shape index (κ2) is 11.6. The van der Waals surface area contributed by atoms with Gasteiger partial charge in [-0.3, -0.25) is 4.79 Å². The fourth-order valence-corrected chi connectivity index (χ4v) is 4.18. The third-order valence-corrected chi connectivity index (χ3v) is 5.95. The molecular weight excluding hydrogens is 498 g/mol. The number of alkyl halides is 6. The van der Waals surface area contributed by atoms with Gasteiger partial charge in [-0.05, 0) is 42.7 Å². The minimum atomic E-state index is -4.93. The molecule has 1 fully saturated rings. The Bertz CT molecular complexity index is 952. The average molecular weight is 525 g/mol. The highest BCUT2D eigenvalue weighted by molar-refractivity contribution is 5.85. The van der Waals surface area contributed by atoms with Crippen LogP contribution in [0.3, 0.4) is 0 Å². The first-order valence-electron chi connectivity index (χ1n) is 10.9. The van der Waals surface area contributed by atoms with Gasteiger partial charge in [0.25, 0.3) is 0 Å². The lowest BCUT2D eigenvalue weighted by Crippen LogP contribution is -2.46. The highest BCUT2D eigenvalue weighted by atomic mass is 35.5. The summed E-state index contributed by atoms with van der Waals surface area (Å²) in [4.78, 5) is 14.0. The molecule has 0 unspecified atom stereocenters. The molecule has 3 rings (SSSR count). The summed E-state index contributed by atoms with van der Waals surface area (Å²) in [5, 5.41) is 0. The van der Waals surface area contributed by atoms with Gasteiger partial charge in [-0.1, -0.05) is 30.3 Å². The molecule has 1 aliphatic heterocycles. The van der Waals surface area contributed by atoms with E-state index in [1.165, 1.54) is 6.92 Å². The molecule has 11 heteroatoms. The van der Waals surface area contributed by atoms with Crippen LogP contribution in [0.1, 0.15) is 54.0 Å². The number of carbonyl (C=O) groups excluding carboxylic acids is 1. The molecule has 1 heterocycles. The summed E-state index contributed by atoms with van der Waals surface area (Å²) < 4.78 is 85.7. The van der Waals surface area contributed by atoms with E-state index in [0.717, 1.165) is 5.56 Å². The lowest BCUT2D eigenvalue weighted by Gasteiger charge is -2.40. The topological polar surface area (TPSA) is 55.6 Å². The van der Waals surface area contributed by atoms with E-state index in [4.69, 9.17) is 10.5 Å². The minimum Gasteiger partial charge on any atom is -0.370 e. The molecule has 2 aromatic rings. The van der Waals surface area contributed by atoms with Gasteiger partial charge < -0.3 is 15.4 Å². The Morgan fingerprint density at radius 2 is 1.63 bits per heavy atom. The van der Waals surface area contributed by atoms with E-state index in [1.54, 1.807) is 4.90 Å². The lowest BCUT2D eigenvalue weighted by atomic mass is 9.87. The van der Waals surface area contributed by atoms with Crippen molar-refractivity contribution in [2.75, 3.05) is 19.6 Å². The number of carbonyl (C=O) groups is 1. The number of piperidine rings is 1. The highest BCUT2D eigenvalue weighted by Crippen LogP contribution is 2.39. The van der Waals surface area contributed by atoms with Crippen molar-refractivity contribution in [3.05, 3.63) is 70.8 Å². The molecular formula is C24H27ClF6N2O2. The van der Waals surface area contributed by atoms with Gasteiger partial charge in [-0.2, -0.15) is 26.3 Å². The van der Waals surface area contributed by atoms with Crippen LogP contribution >= 0.6 is 12.4 Å². The first-order valence-corrected chi connectivity index (χ1v) is 10.9. The summed E-state index contributed by atoms with van der Waals surface area (Å²) in [7, 11) is 0. The third kappa shape index (κ3) is 7.35. The van der Waals surface area contributed by atoms with Gasteiger partial charge in [0.05, 0.1) is 23.3 Å². The Kier molecular flexibility index (Phi) is 9.61. The number of nitrogens with two attached hydrogens (primary N) is 1. The summed E-state index contributed by atoms with van der Waals surface area (Å²) >= 11 is 0. The van der Waals surface area contributed by atoms with E-state index >= 15 is 0 Å². The maximum absolute atomic E-state index is 13.3. The zero-order chi connectivity index (χ0) is 25.1. The standard InChI is InChI=1S/C24H26F6N2O2.ClH/c1-15(17-11-18(23(25,26)27)13-19(12-17)24(28,29)30)34-21-8-10-32(22(33)7-9-31)14-20(21)16-5-3-2-4-6-16;/h2-6,11-13,15,20-21H,7-10,14,31H2,1H3;1H/t15-,20+,21+;/m1./s1. The van der Waals surface area contributed by atoms with Crippen molar-refractivity contribution in [3.8, 4) is 0 Å². The number of rotatable bonds is 6. The van der Waals surface area contributed by atoms with Gasteiger partial charge in [0.1, 0.15) is 0 Å². The van der Waals surface area contributed by atoms with Gasteiger partial charge in [0.15, 0.2) is 0 Å². The quantitative estimate of drug-likeness (QED) is 0.475. The third-order valence-electron chi connectivity index (χ3n) is 5.95. The Morgan fingerprint density at radius 1 is 1.06 bits per heavy atom. The minimum absolute atomic E-state index is 0. The van der Waals surface area contributed by atoms with Crippen LogP contribution in [0.15, 0.2) is 48.5 Å². The van der Waals surface area contributed by atoms with Crippen LogP contribution in [0.2, 0.25) is 0 Å². The maximum Gasteiger partial charge on any atom is 0.416 e. The largest absolute Gasteiger partial charge is 0.416 e. The van der Waals surface area contributed by atoms with Crippen LogP contribution in [0.5, 0.6) is 0 Å². The molecule has 1 amide bonds. The fraction of sp³-hybridized carbons (Fsp3) is 0.458. The molecule has 2 aromatic carbocycles. The maximum atomic E-state index is 13.3. The second-order valence-corrected chi connectivity index (χ2v) is 8.34. The van der Waals surface area contributed by atoms with E-state index in [1.807, 2.05) is 30.3 Å². The number of ether oxygens (including phenoxy) is 1. The van der Waals surface area contributed by atoms with E-state index in [9.17, 15) is 31.1 Å². The second-order valence-electron chi connectivity index (χ2n) is 8.34. The molecule has 194 valence electrons. The molecule has 0 radical (unpaired) electrons. The van der Waals surface area contributed by atoms with Gasteiger partial charge in [0, 0.05) is 32.0 Å². The van der Waals surface area contributed by atoms with Crippen LogP contribution in [-0.4, -0.2) is 36.5 Å². The van der Waals surface area contributed by atoms with Crippen LogP contribution < -0.4 is 5.73 Å². The molecule has 0 spiro atoms. The molecule has 0 aromatic heterocycles. The summed E-state index contributed by atoms with van der Waals surface area (Å²) in [6, 6.07) is 10.7. The zero-order valence-electron chi connectivity index (χ0n) is 18.9. The van der Waals surface area contributed by atoms with E-state index in [2.05, 4.69) is 0 Å². The molecule has 3 atom stereocenters. The SMILES string of the molecule is C[C@@H](O[C@H]1CCN(C(=O)CCN)C[C@H]1c1ccccc1)c1cc(C(F)(F)F)cc(C(F)(F)F)c1.Cl. The van der Waals surface area contributed by atoms with Crippen molar-refractivity contribution in [1.82, 2.24) is 4.90 Å². The molecule has 4 nitrogen and oxygen atoms in total. The molecule has 0 aliphatic carbocycles. The number of hydrogen-bond acceptors (Lipinski definition) is 3. The van der Waals surface area contributed by atoms with Crippen LogP contribution in [0, 0.1) is 0 Å². The van der Waals surface area contributed by atoms with Crippen LogP contribution in [0.4, 0.5) is 26.3 Å². The summed E-state index contributed by atoms with van der Waals surface area (Å²) in [5.74, 6) is -0.408. The summed E-state index contributed by atoms with van der Waals surface area (Å²) in [6.45, 7) is 2.32. The van der Waals surface area contributed by atoms with E-state index in [0.29, 0.717) is 31.6 Å². The number of benzene rings is 2. The normalized spacial score (nSPS) is 19.7. The summed E-state index contributed by atoms with van der Waals surface area (Å²) in [5.41, 5.74) is 3.39. The molecule has 0 bridgehead atoms. The number of halogens is 7. The zero-order valence-corrected chi connectivity index (χ0v) is 19.7. The predicted octanol–water partition coefficient (Wildman–Crippen LogP) is 5.96. The van der Waals surface area contributed by atoms with Gasteiger partial charge >= 0.3 is 12.4 Å². The van der Waals surface area contributed by atoms with Crippen molar-refractivity contribution in [1.29, 1.82) is 0 Å². The predicted molar refractivity (Wildman–Crippen MR) is 121 cm³/mol. The number of likely N-dealkylation sites (tertiary alicyclic amines) is 1. The number of hydrogen-bond donors (Lipinski definition) is 1. The molecule has 1 aliphatic rings. The monoisotopic (exact) mass is 524 g/mol. The number of nitrogens with zero attached hydrogens (tertiary/aromatic N) is 1. The first-order chi connectivity index (χ1) is 15.9. The molecule has 2 N–H and O–H groups in total. The highest BCUT2D eigenvalue weighted by Gasteiger charge is 2.38. The Morgan fingerprint density at radius 3 is 2.14 bits per heavy atom. The lowest BCUT2D eigenvalue weighted by molar-refractivity contribution is -0.143. The summed E-state index contributed by atoms with van der Waals surface area (Å²) in [6.07, 6.45) is -10.8. The Hall–Kier alpha value is -2.30. The van der Waals surface area contributed by atoms with E-state index < -0.39 is 35.7 Å². The van der Waals surface area contributed by atoms with Crippen LogP contribution in [-0.2, 0) is 21.9 Å². The Labute approximate surface area is 205 Å².